The number of hydrogen-bond acceptors (Lipinski definition) is 5. The van der Waals surface area contributed by atoms with Gasteiger partial charge in [0.15, 0.2) is 10.8 Å². The minimum atomic E-state index is -3.82. The highest BCUT2D eigenvalue weighted by atomic mass is 79.9. The van der Waals surface area contributed by atoms with Gasteiger partial charge in [-0.05, 0) is 12.1 Å². The minimum absolute atomic E-state index is 0.0537. The average molecular weight is 361 g/mol. The Hall–Kier alpha value is -1.74. The van der Waals surface area contributed by atoms with Crippen LogP contribution in [0.4, 0.5) is 11.5 Å². The summed E-state index contributed by atoms with van der Waals surface area (Å²) in [6.07, 6.45) is 1.34. The van der Waals surface area contributed by atoms with Crippen molar-refractivity contribution in [1.29, 1.82) is 0 Å². The van der Waals surface area contributed by atoms with Gasteiger partial charge in [-0.2, -0.15) is 8.42 Å². The van der Waals surface area contributed by atoms with Crippen molar-refractivity contribution in [3.8, 4) is 5.75 Å². The van der Waals surface area contributed by atoms with E-state index in [0.717, 1.165) is 0 Å². The molecule has 3 N–H and O–H groups in total. The maximum atomic E-state index is 12.3. The maximum Gasteiger partial charge on any atom is 0.281 e. The first-order valence-corrected chi connectivity index (χ1v) is 7.75. The molecule has 0 radical (unpaired) electrons. The van der Waals surface area contributed by atoms with Gasteiger partial charge in [-0.1, -0.05) is 15.9 Å². The van der Waals surface area contributed by atoms with Crippen molar-refractivity contribution in [3.05, 3.63) is 29.0 Å². The van der Waals surface area contributed by atoms with Crippen LogP contribution in [0.1, 0.15) is 0 Å². The monoisotopic (exact) mass is 360 g/mol. The molecule has 0 fully saturated rings. The third kappa shape index (κ3) is 2.88. The third-order valence-corrected chi connectivity index (χ3v) is 4.49. The average Bonchev–Trinajstić information content (AvgIpc) is 2.68. The van der Waals surface area contributed by atoms with Gasteiger partial charge in [0.1, 0.15) is 5.75 Å². The topological polar surface area (TPSA) is 99.2 Å². The molecule has 20 heavy (non-hydrogen) atoms. The zero-order valence-electron chi connectivity index (χ0n) is 10.8. The predicted octanol–water partition coefficient (Wildman–Crippen LogP) is 1.57. The number of nitrogens with one attached hydrogen (secondary N) is 1. The quantitative estimate of drug-likeness (QED) is 0.861. The van der Waals surface area contributed by atoms with Crippen LogP contribution in [-0.4, -0.2) is 25.1 Å². The Labute approximate surface area is 124 Å². The number of nitrogen functional groups attached to an aromatic ring is 1. The largest absolute Gasteiger partial charge is 0.497 e. The number of nitrogens with two attached hydrogens (primary N) is 1. The highest BCUT2D eigenvalue weighted by Gasteiger charge is 2.22. The van der Waals surface area contributed by atoms with Crippen LogP contribution in [0.3, 0.4) is 0 Å². The van der Waals surface area contributed by atoms with E-state index < -0.39 is 10.0 Å². The van der Waals surface area contributed by atoms with Gasteiger partial charge in [0.25, 0.3) is 10.0 Å². The second-order valence-corrected chi connectivity index (χ2v) is 6.54. The SMILES string of the molecule is COc1cc(Br)cc(NS(=O)(=O)c2c(N)ncn2C)c1. The van der Waals surface area contributed by atoms with Gasteiger partial charge in [-0.15, -0.1) is 0 Å². The number of benzene rings is 1. The fraction of sp³-hybridized carbons (Fsp3) is 0.182. The molecule has 9 heteroatoms. The van der Waals surface area contributed by atoms with E-state index in [1.54, 1.807) is 25.2 Å². The number of aromatic nitrogens is 2. The highest BCUT2D eigenvalue weighted by Crippen LogP contribution is 2.27. The molecule has 0 bridgehead atoms. The molecule has 2 aromatic rings. The van der Waals surface area contributed by atoms with E-state index in [1.165, 1.54) is 18.0 Å². The molecule has 0 atom stereocenters. The molecular formula is C11H13BrN4O3S. The number of methoxy groups -OCH3 is 1. The molecule has 0 aliphatic rings. The second kappa shape index (κ2) is 5.33. The summed E-state index contributed by atoms with van der Waals surface area (Å²) in [5.41, 5.74) is 5.94. The van der Waals surface area contributed by atoms with Crippen LogP contribution in [-0.2, 0) is 17.1 Å². The first-order chi connectivity index (χ1) is 9.33. The van der Waals surface area contributed by atoms with Crippen LogP contribution in [0.5, 0.6) is 5.75 Å². The van der Waals surface area contributed by atoms with Crippen molar-refractivity contribution in [3.63, 3.8) is 0 Å². The Kier molecular flexibility index (Phi) is 3.91. The molecule has 1 aromatic heterocycles. The van der Waals surface area contributed by atoms with Crippen molar-refractivity contribution in [2.75, 3.05) is 17.6 Å². The van der Waals surface area contributed by atoms with Gasteiger partial charge < -0.3 is 15.0 Å². The van der Waals surface area contributed by atoms with Crippen LogP contribution in [0.2, 0.25) is 0 Å². The normalized spacial score (nSPS) is 11.3. The van der Waals surface area contributed by atoms with E-state index >= 15 is 0 Å². The van der Waals surface area contributed by atoms with E-state index in [-0.39, 0.29) is 10.8 Å². The zero-order valence-corrected chi connectivity index (χ0v) is 13.2. The lowest BCUT2D eigenvalue weighted by molar-refractivity contribution is 0.415. The molecule has 108 valence electrons. The predicted molar refractivity (Wildman–Crippen MR) is 79.1 cm³/mol. The highest BCUT2D eigenvalue weighted by molar-refractivity contribution is 9.10. The van der Waals surface area contributed by atoms with E-state index in [9.17, 15) is 8.42 Å². The molecule has 0 aliphatic heterocycles. The molecular weight excluding hydrogens is 348 g/mol. The Morgan fingerprint density at radius 1 is 1.40 bits per heavy atom. The van der Waals surface area contributed by atoms with Crippen LogP contribution in [0, 0.1) is 0 Å². The summed E-state index contributed by atoms with van der Waals surface area (Å²) in [7, 11) is -0.770. The van der Waals surface area contributed by atoms with E-state index in [2.05, 4.69) is 25.6 Å². The summed E-state index contributed by atoms with van der Waals surface area (Å²) >= 11 is 3.28. The lowest BCUT2D eigenvalue weighted by Gasteiger charge is -2.10. The molecule has 0 unspecified atom stereocenters. The van der Waals surface area contributed by atoms with Gasteiger partial charge in [-0.3, -0.25) is 4.72 Å². The lowest BCUT2D eigenvalue weighted by Crippen LogP contribution is -2.17. The van der Waals surface area contributed by atoms with E-state index in [1.807, 2.05) is 0 Å². The molecule has 0 spiro atoms. The lowest BCUT2D eigenvalue weighted by atomic mass is 10.3. The number of hydrogen-bond donors (Lipinski definition) is 2. The van der Waals surface area contributed by atoms with Crippen LogP contribution in [0.25, 0.3) is 0 Å². The second-order valence-electron chi connectivity index (χ2n) is 4.03. The first kappa shape index (κ1) is 14.7. The molecule has 2 rings (SSSR count). The summed E-state index contributed by atoms with van der Waals surface area (Å²) in [4.78, 5) is 3.76. The van der Waals surface area contributed by atoms with Gasteiger partial charge >= 0.3 is 0 Å². The smallest absolute Gasteiger partial charge is 0.281 e. The fourth-order valence-electron chi connectivity index (χ4n) is 1.71. The number of halogens is 1. The number of nitrogens with zero attached hydrogens (tertiary/aromatic N) is 2. The standard InChI is InChI=1S/C11H13BrN4O3S/c1-16-6-14-10(13)11(16)20(17,18)15-8-3-7(12)4-9(5-8)19-2/h3-6,15H,13H2,1-2H3. The van der Waals surface area contributed by atoms with Crippen LogP contribution in [0.15, 0.2) is 34.0 Å². The van der Waals surface area contributed by atoms with Gasteiger partial charge in [0.05, 0.1) is 19.1 Å². The number of ether oxygens (including phenoxy) is 1. The van der Waals surface area contributed by atoms with Gasteiger partial charge in [0, 0.05) is 17.6 Å². The third-order valence-electron chi connectivity index (χ3n) is 2.52. The summed E-state index contributed by atoms with van der Waals surface area (Å²) in [6.45, 7) is 0. The number of aryl methyl sites for hydroxylation is 1. The molecule has 1 aromatic carbocycles. The van der Waals surface area contributed by atoms with Crippen LogP contribution < -0.4 is 15.2 Å². The number of rotatable bonds is 4. The summed E-state index contributed by atoms with van der Waals surface area (Å²) in [5, 5.41) is -0.0866. The maximum absolute atomic E-state index is 12.3. The Morgan fingerprint density at radius 2 is 2.10 bits per heavy atom. The van der Waals surface area contributed by atoms with Crippen molar-refractivity contribution in [1.82, 2.24) is 9.55 Å². The number of anilines is 2. The molecule has 0 amide bonds. The van der Waals surface area contributed by atoms with Crippen molar-refractivity contribution in [2.24, 2.45) is 7.05 Å². The molecule has 1 heterocycles. The zero-order chi connectivity index (χ0) is 14.9. The van der Waals surface area contributed by atoms with E-state index in [0.29, 0.717) is 15.9 Å². The number of imidazole rings is 1. The molecule has 0 saturated carbocycles. The summed E-state index contributed by atoms with van der Waals surface area (Å²) in [5.74, 6) is 0.469. The Bertz CT molecular complexity index is 723. The van der Waals surface area contributed by atoms with Gasteiger partial charge in [0.2, 0.25) is 0 Å². The summed E-state index contributed by atoms with van der Waals surface area (Å²) < 4.78 is 34.2. The van der Waals surface area contributed by atoms with E-state index in [4.69, 9.17) is 10.5 Å². The van der Waals surface area contributed by atoms with Crippen LogP contribution >= 0.6 is 15.9 Å². The molecule has 0 aliphatic carbocycles. The van der Waals surface area contributed by atoms with Gasteiger partial charge in [-0.25, -0.2) is 4.98 Å². The Morgan fingerprint density at radius 3 is 2.65 bits per heavy atom. The minimum Gasteiger partial charge on any atom is -0.497 e. The fourth-order valence-corrected chi connectivity index (χ4v) is 3.46. The van der Waals surface area contributed by atoms with Crippen molar-refractivity contribution < 1.29 is 13.2 Å². The number of sulfonamides is 1. The first-order valence-electron chi connectivity index (χ1n) is 5.47. The molecule has 7 nitrogen and oxygen atoms in total. The molecule has 0 saturated heterocycles. The summed E-state index contributed by atoms with van der Waals surface area (Å²) in [6, 6.07) is 4.90. The Balaban J connectivity index is 2.41. The van der Waals surface area contributed by atoms with Crippen molar-refractivity contribution >= 4 is 37.5 Å². The van der Waals surface area contributed by atoms with Crippen molar-refractivity contribution in [2.45, 2.75) is 5.03 Å².